The third-order valence-electron chi connectivity index (χ3n) is 4.77. The molecule has 0 bridgehead atoms. The van der Waals surface area contributed by atoms with Gasteiger partial charge in [0.05, 0.1) is 5.69 Å². The van der Waals surface area contributed by atoms with E-state index in [-0.39, 0.29) is 0 Å². The molecular formula is C22H34N4O3S2. The predicted molar refractivity (Wildman–Crippen MR) is 127 cm³/mol. The van der Waals surface area contributed by atoms with Gasteiger partial charge >= 0.3 is 5.97 Å². The predicted octanol–water partition coefficient (Wildman–Crippen LogP) is 4.71. The third-order valence-corrected chi connectivity index (χ3v) is 6.94. The second kappa shape index (κ2) is 13.0. The van der Waals surface area contributed by atoms with E-state index in [1.165, 1.54) is 23.1 Å². The minimum atomic E-state index is -0.895. The van der Waals surface area contributed by atoms with Crippen molar-refractivity contribution >= 4 is 35.0 Å². The molecule has 31 heavy (non-hydrogen) atoms. The van der Waals surface area contributed by atoms with Crippen LogP contribution in [0.15, 0.2) is 22.1 Å². The first kappa shape index (κ1) is 25.5. The number of aromatic nitrogens is 3. The lowest BCUT2D eigenvalue weighted by Gasteiger charge is -2.22. The number of aryl methyl sites for hydroxylation is 1. The molecule has 0 atom stereocenters. The average molecular weight is 467 g/mol. The van der Waals surface area contributed by atoms with E-state index in [2.05, 4.69) is 33.7 Å². The minimum Gasteiger partial charge on any atom is -0.480 e. The van der Waals surface area contributed by atoms with Gasteiger partial charge in [-0.2, -0.15) is 0 Å². The summed E-state index contributed by atoms with van der Waals surface area (Å²) in [5, 5.41) is 11.3. The fourth-order valence-corrected chi connectivity index (χ4v) is 4.90. The topological polar surface area (TPSA) is 88.4 Å². The van der Waals surface area contributed by atoms with Gasteiger partial charge in [-0.3, -0.25) is 4.79 Å². The highest BCUT2D eigenvalue weighted by molar-refractivity contribution is 8.02. The summed E-state index contributed by atoms with van der Waals surface area (Å²) in [7, 11) is 0. The van der Waals surface area contributed by atoms with Gasteiger partial charge in [0, 0.05) is 50.5 Å². The lowest BCUT2D eigenvalue weighted by Crippen LogP contribution is -2.29. The Morgan fingerprint density at radius 1 is 1.19 bits per heavy atom. The van der Waals surface area contributed by atoms with Gasteiger partial charge in [0.2, 0.25) is 5.95 Å². The number of anilines is 1. The van der Waals surface area contributed by atoms with Gasteiger partial charge in [-0.25, -0.2) is 15.0 Å². The Morgan fingerprint density at radius 2 is 1.90 bits per heavy atom. The maximum absolute atomic E-state index is 11.4. The summed E-state index contributed by atoms with van der Waals surface area (Å²) < 4.78 is 5.58. The van der Waals surface area contributed by atoms with Crippen LogP contribution in [0.1, 0.15) is 58.2 Å². The monoisotopic (exact) mass is 466 g/mol. The van der Waals surface area contributed by atoms with Crippen LogP contribution >= 0.6 is 23.1 Å². The summed E-state index contributed by atoms with van der Waals surface area (Å²) in [6.07, 6.45) is 8.58. The van der Waals surface area contributed by atoms with E-state index in [4.69, 9.17) is 4.74 Å². The highest BCUT2D eigenvalue weighted by Gasteiger charge is 2.29. The zero-order valence-electron chi connectivity index (χ0n) is 19.0. The fraction of sp³-hybridized carbons (Fsp3) is 0.636. The number of thiazole rings is 1. The standard InChI is InChI=1S/C22H34N4O3S2/c1-5-7-12-29-13-8-10-26(20-23-14-17(6-2)15-24-20)11-9-18-16-30-21(25-18)31-22(3,4)19(27)28/h14-16H,5-13H2,1-4H3,(H,27,28). The Hall–Kier alpha value is -1.71. The van der Waals surface area contributed by atoms with Crippen LogP contribution in [0.25, 0.3) is 0 Å². The number of carbonyl (C=O) groups is 1. The first-order valence-electron chi connectivity index (χ1n) is 10.9. The zero-order chi connectivity index (χ0) is 22.7. The molecule has 0 saturated heterocycles. The van der Waals surface area contributed by atoms with E-state index in [1.807, 2.05) is 17.8 Å². The normalized spacial score (nSPS) is 11.6. The smallest absolute Gasteiger partial charge is 0.319 e. The maximum Gasteiger partial charge on any atom is 0.319 e. The van der Waals surface area contributed by atoms with Crippen molar-refractivity contribution in [2.75, 3.05) is 31.2 Å². The molecule has 2 aromatic heterocycles. The Labute approximate surface area is 193 Å². The Bertz CT molecular complexity index is 796. The number of aliphatic carboxylic acids is 1. The fourth-order valence-electron chi connectivity index (χ4n) is 2.67. The molecule has 2 rings (SSSR count). The number of rotatable bonds is 15. The molecule has 0 saturated carbocycles. The van der Waals surface area contributed by atoms with E-state index in [9.17, 15) is 9.90 Å². The van der Waals surface area contributed by atoms with Crippen LogP contribution in [0.4, 0.5) is 5.95 Å². The zero-order valence-corrected chi connectivity index (χ0v) is 20.6. The van der Waals surface area contributed by atoms with Gasteiger partial charge in [0.15, 0.2) is 4.34 Å². The minimum absolute atomic E-state index is 0.725. The van der Waals surface area contributed by atoms with Gasteiger partial charge in [0.25, 0.3) is 0 Å². The molecule has 0 radical (unpaired) electrons. The first-order valence-corrected chi connectivity index (χ1v) is 12.6. The Balaban J connectivity index is 1.96. The molecule has 0 aromatic carbocycles. The highest BCUT2D eigenvalue weighted by Crippen LogP contribution is 2.34. The van der Waals surface area contributed by atoms with Crippen LogP contribution in [0.3, 0.4) is 0 Å². The number of ether oxygens (including phenoxy) is 1. The van der Waals surface area contributed by atoms with Crippen molar-refractivity contribution in [1.82, 2.24) is 15.0 Å². The van der Waals surface area contributed by atoms with Gasteiger partial charge < -0.3 is 14.7 Å². The number of thioether (sulfide) groups is 1. The average Bonchev–Trinajstić information content (AvgIpc) is 3.19. The van der Waals surface area contributed by atoms with Gasteiger partial charge in [-0.15, -0.1) is 11.3 Å². The quantitative estimate of drug-likeness (QED) is 0.298. The SMILES string of the molecule is CCCCOCCCN(CCc1csc(SC(C)(C)C(=O)O)n1)c1ncc(CC)cn1. The molecule has 9 heteroatoms. The third kappa shape index (κ3) is 8.74. The molecule has 0 spiro atoms. The van der Waals surface area contributed by atoms with Gasteiger partial charge in [-0.05, 0) is 38.7 Å². The molecule has 7 nitrogen and oxygen atoms in total. The molecule has 2 aromatic rings. The molecular weight excluding hydrogens is 432 g/mol. The number of nitrogens with zero attached hydrogens (tertiary/aromatic N) is 4. The molecule has 0 aliphatic carbocycles. The number of unbranched alkanes of at least 4 members (excludes halogenated alkanes) is 1. The lowest BCUT2D eigenvalue weighted by molar-refractivity contribution is -0.138. The van der Waals surface area contributed by atoms with Crippen molar-refractivity contribution in [3.63, 3.8) is 0 Å². The Morgan fingerprint density at radius 3 is 2.55 bits per heavy atom. The first-order chi connectivity index (χ1) is 14.9. The summed E-state index contributed by atoms with van der Waals surface area (Å²) in [6.45, 7) is 10.7. The van der Waals surface area contributed by atoms with Crippen LogP contribution in [0.2, 0.25) is 0 Å². The summed E-state index contributed by atoms with van der Waals surface area (Å²) in [5.74, 6) is -0.114. The number of hydrogen-bond acceptors (Lipinski definition) is 8. The lowest BCUT2D eigenvalue weighted by atomic mass is 10.2. The molecule has 1 N–H and O–H groups in total. The van der Waals surface area contributed by atoms with E-state index < -0.39 is 10.7 Å². The van der Waals surface area contributed by atoms with Crippen LogP contribution < -0.4 is 4.90 Å². The molecule has 0 unspecified atom stereocenters. The van der Waals surface area contributed by atoms with Crippen molar-refractivity contribution in [2.24, 2.45) is 0 Å². The van der Waals surface area contributed by atoms with Crippen LogP contribution in [-0.2, 0) is 22.4 Å². The number of carboxylic acid groups (broad SMARTS) is 1. The molecule has 2 heterocycles. The number of carboxylic acids is 1. The van der Waals surface area contributed by atoms with E-state index in [0.717, 1.165) is 80.0 Å². The Kier molecular flexibility index (Phi) is 10.7. The number of hydrogen-bond donors (Lipinski definition) is 1. The highest BCUT2D eigenvalue weighted by atomic mass is 32.2. The molecule has 172 valence electrons. The van der Waals surface area contributed by atoms with Crippen LogP contribution in [0, 0.1) is 0 Å². The maximum atomic E-state index is 11.4. The summed E-state index contributed by atoms with van der Waals surface area (Å²) in [4.78, 5) is 27.3. The van der Waals surface area contributed by atoms with Gasteiger partial charge in [0.1, 0.15) is 4.75 Å². The molecule has 0 amide bonds. The second-order valence-electron chi connectivity index (χ2n) is 7.82. The molecule has 0 fully saturated rings. The summed E-state index contributed by atoms with van der Waals surface area (Å²) >= 11 is 2.78. The van der Waals surface area contributed by atoms with Crippen molar-refractivity contribution in [3.05, 3.63) is 29.0 Å². The summed E-state index contributed by atoms with van der Waals surface area (Å²) in [6, 6.07) is 0. The van der Waals surface area contributed by atoms with Crippen molar-refractivity contribution in [3.8, 4) is 0 Å². The van der Waals surface area contributed by atoms with E-state index >= 15 is 0 Å². The van der Waals surface area contributed by atoms with Crippen molar-refractivity contribution in [2.45, 2.75) is 68.9 Å². The second-order valence-corrected chi connectivity index (χ2v) is 10.6. The van der Waals surface area contributed by atoms with Crippen LogP contribution in [0.5, 0.6) is 0 Å². The van der Waals surface area contributed by atoms with Crippen LogP contribution in [-0.4, -0.2) is 57.1 Å². The van der Waals surface area contributed by atoms with Crippen molar-refractivity contribution in [1.29, 1.82) is 0 Å². The molecule has 0 aliphatic rings. The van der Waals surface area contributed by atoms with E-state index in [1.54, 1.807) is 13.8 Å². The summed E-state index contributed by atoms with van der Waals surface area (Å²) in [5.41, 5.74) is 2.08. The van der Waals surface area contributed by atoms with Gasteiger partial charge in [-0.1, -0.05) is 32.0 Å². The molecule has 0 aliphatic heterocycles. The largest absolute Gasteiger partial charge is 0.480 e. The van der Waals surface area contributed by atoms with E-state index in [0.29, 0.717) is 0 Å². The van der Waals surface area contributed by atoms with Crippen molar-refractivity contribution < 1.29 is 14.6 Å².